The van der Waals surface area contributed by atoms with Gasteiger partial charge in [-0.15, -0.1) is 24.0 Å². The molecular formula is C21H27IN6. The molecule has 0 fully saturated rings. The first-order valence-electron chi connectivity index (χ1n) is 9.36. The van der Waals surface area contributed by atoms with Gasteiger partial charge in [0.2, 0.25) is 0 Å². The molecule has 0 unspecified atom stereocenters. The van der Waals surface area contributed by atoms with E-state index in [2.05, 4.69) is 75.2 Å². The van der Waals surface area contributed by atoms with Crippen LogP contribution < -0.4 is 10.6 Å². The standard InChI is InChI=1S/C21H26N6.HI/c1-2-22-21(23-13-7-11-17-8-4-3-5-9-17)24-15-18-10-6-12-19(14-18)20-25-16-26-27-20;/h3-6,8-10,12,14,16H,2,7,11,13,15H2,1H3,(H2,22,23,24)(H,25,26,27);1H. The fourth-order valence-corrected chi connectivity index (χ4v) is 2.82. The summed E-state index contributed by atoms with van der Waals surface area (Å²) in [6.07, 6.45) is 3.64. The van der Waals surface area contributed by atoms with E-state index in [1.165, 1.54) is 11.9 Å². The number of aliphatic imine (C=N–C) groups is 1. The zero-order valence-corrected chi connectivity index (χ0v) is 18.4. The zero-order valence-electron chi connectivity index (χ0n) is 16.1. The third-order valence-electron chi connectivity index (χ3n) is 4.16. The van der Waals surface area contributed by atoms with Crippen LogP contribution in [0.5, 0.6) is 0 Å². The Balaban J connectivity index is 0.00000280. The van der Waals surface area contributed by atoms with Crippen LogP contribution in [0.1, 0.15) is 24.5 Å². The Morgan fingerprint density at radius 1 is 1.04 bits per heavy atom. The molecule has 0 saturated heterocycles. The zero-order chi connectivity index (χ0) is 18.7. The number of hydrogen-bond donors (Lipinski definition) is 3. The Morgan fingerprint density at radius 2 is 1.86 bits per heavy atom. The molecule has 3 rings (SSSR count). The van der Waals surface area contributed by atoms with Gasteiger partial charge < -0.3 is 10.6 Å². The average Bonchev–Trinajstić information content (AvgIpc) is 3.25. The number of H-pyrrole nitrogens is 1. The van der Waals surface area contributed by atoms with Gasteiger partial charge in [0, 0.05) is 18.7 Å². The summed E-state index contributed by atoms with van der Waals surface area (Å²) in [6, 6.07) is 18.7. The summed E-state index contributed by atoms with van der Waals surface area (Å²) < 4.78 is 0. The lowest BCUT2D eigenvalue weighted by molar-refractivity contribution is 0.744. The molecule has 0 aliphatic rings. The second-order valence-electron chi connectivity index (χ2n) is 6.25. The van der Waals surface area contributed by atoms with E-state index in [0.717, 1.165) is 48.8 Å². The van der Waals surface area contributed by atoms with E-state index in [1.807, 2.05) is 12.1 Å². The highest BCUT2D eigenvalue weighted by Gasteiger charge is 2.02. The van der Waals surface area contributed by atoms with Crippen molar-refractivity contribution in [2.75, 3.05) is 13.1 Å². The van der Waals surface area contributed by atoms with Crippen LogP contribution in [0.2, 0.25) is 0 Å². The lowest BCUT2D eigenvalue weighted by atomic mass is 10.1. The third-order valence-corrected chi connectivity index (χ3v) is 4.16. The maximum atomic E-state index is 4.70. The summed E-state index contributed by atoms with van der Waals surface area (Å²) in [4.78, 5) is 8.90. The van der Waals surface area contributed by atoms with Gasteiger partial charge in [-0.05, 0) is 37.0 Å². The van der Waals surface area contributed by atoms with E-state index in [4.69, 9.17) is 4.99 Å². The second kappa shape index (κ2) is 12.1. The SMILES string of the molecule is CCNC(=NCc1cccc(-c2ncn[nH]2)c1)NCCCc1ccccc1.I. The molecule has 7 heteroatoms. The van der Waals surface area contributed by atoms with Gasteiger partial charge >= 0.3 is 0 Å². The molecule has 28 heavy (non-hydrogen) atoms. The number of nitrogens with one attached hydrogen (secondary N) is 3. The molecule has 3 aromatic rings. The van der Waals surface area contributed by atoms with Crippen LogP contribution in [0, 0.1) is 0 Å². The minimum absolute atomic E-state index is 0. The Hall–Kier alpha value is -2.42. The van der Waals surface area contributed by atoms with Gasteiger partial charge in [0.25, 0.3) is 0 Å². The summed E-state index contributed by atoms with van der Waals surface area (Å²) in [5, 5.41) is 13.5. The van der Waals surface area contributed by atoms with Crippen molar-refractivity contribution in [1.29, 1.82) is 0 Å². The topological polar surface area (TPSA) is 78.0 Å². The van der Waals surface area contributed by atoms with Crippen molar-refractivity contribution in [2.24, 2.45) is 4.99 Å². The lowest BCUT2D eigenvalue weighted by Crippen LogP contribution is -2.37. The highest BCUT2D eigenvalue weighted by atomic mass is 127. The van der Waals surface area contributed by atoms with Crippen molar-refractivity contribution in [3.63, 3.8) is 0 Å². The molecule has 0 radical (unpaired) electrons. The van der Waals surface area contributed by atoms with Crippen molar-refractivity contribution >= 4 is 29.9 Å². The number of nitrogens with zero attached hydrogens (tertiary/aromatic N) is 3. The van der Waals surface area contributed by atoms with Gasteiger partial charge in [-0.2, -0.15) is 5.10 Å². The summed E-state index contributed by atoms with van der Waals surface area (Å²) in [5.41, 5.74) is 3.51. The summed E-state index contributed by atoms with van der Waals surface area (Å²) >= 11 is 0. The maximum Gasteiger partial charge on any atom is 0.191 e. The Labute approximate surface area is 183 Å². The summed E-state index contributed by atoms with van der Waals surface area (Å²) in [5.74, 6) is 1.61. The number of guanidine groups is 1. The first kappa shape index (κ1) is 21.9. The van der Waals surface area contributed by atoms with Crippen molar-refractivity contribution in [3.8, 4) is 11.4 Å². The molecule has 2 aromatic carbocycles. The molecule has 6 nitrogen and oxygen atoms in total. The first-order valence-corrected chi connectivity index (χ1v) is 9.36. The van der Waals surface area contributed by atoms with Crippen LogP contribution in [0.3, 0.4) is 0 Å². The smallest absolute Gasteiger partial charge is 0.191 e. The average molecular weight is 490 g/mol. The highest BCUT2D eigenvalue weighted by molar-refractivity contribution is 14.0. The van der Waals surface area contributed by atoms with Crippen molar-refractivity contribution in [1.82, 2.24) is 25.8 Å². The van der Waals surface area contributed by atoms with Crippen LogP contribution in [-0.2, 0) is 13.0 Å². The van der Waals surface area contributed by atoms with Crippen molar-refractivity contribution in [3.05, 3.63) is 72.1 Å². The predicted octanol–water partition coefficient (Wildman–Crippen LogP) is 3.78. The number of benzene rings is 2. The normalized spacial score (nSPS) is 11.0. The molecule has 0 aliphatic carbocycles. The Bertz CT molecular complexity index is 833. The van der Waals surface area contributed by atoms with E-state index < -0.39 is 0 Å². The number of aryl methyl sites for hydroxylation is 1. The van der Waals surface area contributed by atoms with Crippen LogP contribution in [0.25, 0.3) is 11.4 Å². The van der Waals surface area contributed by atoms with E-state index in [9.17, 15) is 0 Å². The molecule has 3 N–H and O–H groups in total. The molecule has 0 amide bonds. The number of halogens is 1. The second-order valence-corrected chi connectivity index (χ2v) is 6.25. The molecule has 0 atom stereocenters. The summed E-state index contributed by atoms with van der Waals surface area (Å²) in [7, 11) is 0. The number of aromatic nitrogens is 3. The van der Waals surface area contributed by atoms with Gasteiger partial charge in [0.05, 0.1) is 6.54 Å². The molecular weight excluding hydrogens is 463 g/mol. The van der Waals surface area contributed by atoms with Crippen LogP contribution in [-0.4, -0.2) is 34.2 Å². The molecule has 148 valence electrons. The van der Waals surface area contributed by atoms with Gasteiger partial charge in [-0.3, -0.25) is 5.10 Å². The number of aromatic amines is 1. The van der Waals surface area contributed by atoms with E-state index in [-0.39, 0.29) is 24.0 Å². The minimum atomic E-state index is 0. The van der Waals surface area contributed by atoms with Gasteiger partial charge in [-0.25, -0.2) is 9.98 Å². The molecule has 0 bridgehead atoms. The van der Waals surface area contributed by atoms with E-state index in [1.54, 1.807) is 0 Å². The van der Waals surface area contributed by atoms with Gasteiger partial charge in [0.1, 0.15) is 6.33 Å². The van der Waals surface area contributed by atoms with E-state index in [0.29, 0.717) is 6.54 Å². The molecule has 1 heterocycles. The largest absolute Gasteiger partial charge is 0.357 e. The van der Waals surface area contributed by atoms with E-state index >= 15 is 0 Å². The van der Waals surface area contributed by atoms with Crippen LogP contribution >= 0.6 is 24.0 Å². The van der Waals surface area contributed by atoms with Crippen molar-refractivity contribution in [2.45, 2.75) is 26.3 Å². The fraction of sp³-hybridized carbons (Fsp3) is 0.286. The molecule has 0 aliphatic heterocycles. The van der Waals surface area contributed by atoms with Crippen LogP contribution in [0.15, 0.2) is 65.9 Å². The lowest BCUT2D eigenvalue weighted by Gasteiger charge is -2.11. The summed E-state index contributed by atoms with van der Waals surface area (Å²) in [6.45, 7) is 4.41. The fourth-order valence-electron chi connectivity index (χ4n) is 2.82. The van der Waals surface area contributed by atoms with Gasteiger partial charge in [0.15, 0.2) is 11.8 Å². The molecule has 0 spiro atoms. The maximum absolute atomic E-state index is 4.70. The molecule has 1 aromatic heterocycles. The van der Waals surface area contributed by atoms with Gasteiger partial charge in [-0.1, -0.05) is 48.5 Å². The predicted molar refractivity (Wildman–Crippen MR) is 125 cm³/mol. The Morgan fingerprint density at radius 3 is 2.61 bits per heavy atom. The number of rotatable bonds is 8. The highest BCUT2D eigenvalue weighted by Crippen LogP contribution is 2.15. The third kappa shape index (κ3) is 6.95. The number of hydrogen-bond acceptors (Lipinski definition) is 3. The minimum Gasteiger partial charge on any atom is -0.357 e. The Kier molecular flexibility index (Phi) is 9.47. The quantitative estimate of drug-likeness (QED) is 0.195. The monoisotopic (exact) mass is 490 g/mol. The van der Waals surface area contributed by atoms with Crippen LogP contribution in [0.4, 0.5) is 0 Å². The first-order chi connectivity index (χ1) is 13.3. The van der Waals surface area contributed by atoms with Crippen molar-refractivity contribution < 1.29 is 0 Å². The molecule has 0 saturated carbocycles.